The summed E-state index contributed by atoms with van der Waals surface area (Å²) in [6.45, 7) is 8.10. The summed E-state index contributed by atoms with van der Waals surface area (Å²) in [7, 11) is 0. The van der Waals surface area contributed by atoms with Crippen molar-refractivity contribution in [2.24, 2.45) is 0 Å². The van der Waals surface area contributed by atoms with Crippen molar-refractivity contribution in [3.05, 3.63) is 89.7 Å². The Morgan fingerprint density at radius 1 is 0.970 bits per heavy atom. The van der Waals surface area contributed by atoms with Crippen LogP contribution in [0, 0.1) is 0 Å². The molecule has 33 heavy (non-hydrogen) atoms. The molecule has 4 rings (SSSR count). The monoisotopic (exact) mass is 444 g/mol. The number of rotatable bonds is 8. The minimum Gasteiger partial charge on any atom is -0.464 e. The van der Waals surface area contributed by atoms with Gasteiger partial charge >= 0.3 is 0 Å². The molecule has 0 aliphatic carbocycles. The number of carbonyl (C=O) groups is 1. The van der Waals surface area contributed by atoms with Crippen LogP contribution in [0.3, 0.4) is 0 Å². The van der Waals surface area contributed by atoms with Gasteiger partial charge < -0.3 is 9.52 Å². The van der Waals surface area contributed by atoms with Crippen LogP contribution < -0.4 is 0 Å². The molecule has 3 aromatic rings. The normalized spacial score (nSPS) is 19.8. The Bertz CT molecular complexity index is 1040. The van der Waals surface area contributed by atoms with Gasteiger partial charge in [0.05, 0.1) is 6.26 Å². The highest BCUT2D eigenvalue weighted by molar-refractivity contribution is 5.94. The fourth-order valence-electron chi connectivity index (χ4n) is 4.57. The van der Waals surface area contributed by atoms with Crippen molar-refractivity contribution >= 4 is 11.9 Å². The lowest BCUT2D eigenvalue weighted by Gasteiger charge is -2.44. The van der Waals surface area contributed by atoms with Gasteiger partial charge in [-0.15, -0.1) is 0 Å². The molecule has 172 valence electrons. The SMILES string of the molecule is C[C@@H]1CN(Cc2ccc(-c3ccco3)cc2)C[C@H](C)N1Cc1ccc(/C=C/C(=O)CO)cc1. The van der Waals surface area contributed by atoms with Crippen molar-refractivity contribution in [2.75, 3.05) is 19.7 Å². The van der Waals surface area contributed by atoms with Gasteiger partial charge in [-0.3, -0.25) is 14.6 Å². The summed E-state index contributed by atoms with van der Waals surface area (Å²) in [5.41, 5.74) is 4.66. The van der Waals surface area contributed by atoms with E-state index in [0.29, 0.717) is 12.1 Å². The maximum atomic E-state index is 11.2. The van der Waals surface area contributed by atoms with E-state index in [4.69, 9.17) is 9.52 Å². The van der Waals surface area contributed by atoms with Crippen LogP contribution in [-0.4, -0.2) is 52.5 Å². The number of aliphatic hydroxyl groups excluding tert-OH is 1. The third-order valence-corrected chi connectivity index (χ3v) is 6.31. The van der Waals surface area contributed by atoms with Gasteiger partial charge in [0, 0.05) is 43.8 Å². The van der Waals surface area contributed by atoms with Crippen LogP contribution >= 0.6 is 0 Å². The summed E-state index contributed by atoms with van der Waals surface area (Å²) in [6, 6.07) is 21.8. The van der Waals surface area contributed by atoms with E-state index in [1.807, 2.05) is 24.3 Å². The van der Waals surface area contributed by atoms with Crippen molar-refractivity contribution in [1.82, 2.24) is 9.80 Å². The van der Waals surface area contributed by atoms with Crippen LogP contribution in [-0.2, 0) is 17.9 Å². The van der Waals surface area contributed by atoms with E-state index < -0.39 is 6.61 Å². The van der Waals surface area contributed by atoms with Crippen LogP contribution in [0.2, 0.25) is 0 Å². The zero-order valence-electron chi connectivity index (χ0n) is 19.4. The smallest absolute Gasteiger partial charge is 0.181 e. The lowest BCUT2D eigenvalue weighted by molar-refractivity contribution is -0.117. The molecule has 1 saturated heterocycles. The third kappa shape index (κ3) is 6.08. The molecule has 0 spiro atoms. The topological polar surface area (TPSA) is 56.9 Å². The van der Waals surface area contributed by atoms with Crippen molar-refractivity contribution in [2.45, 2.75) is 39.0 Å². The molecule has 5 heteroatoms. The van der Waals surface area contributed by atoms with Crippen molar-refractivity contribution in [3.8, 4) is 11.3 Å². The molecule has 1 aromatic heterocycles. The molecule has 1 aliphatic heterocycles. The van der Waals surface area contributed by atoms with E-state index in [-0.39, 0.29) is 5.78 Å². The third-order valence-electron chi connectivity index (χ3n) is 6.31. The molecular formula is C28H32N2O3. The number of hydrogen-bond acceptors (Lipinski definition) is 5. The summed E-state index contributed by atoms with van der Waals surface area (Å²) in [4.78, 5) is 16.3. The van der Waals surface area contributed by atoms with Crippen LogP contribution in [0.15, 0.2) is 77.4 Å². The molecule has 1 aliphatic rings. The molecule has 2 atom stereocenters. The highest BCUT2D eigenvalue weighted by atomic mass is 16.3. The number of ketones is 1. The molecule has 0 saturated carbocycles. The zero-order valence-corrected chi connectivity index (χ0v) is 19.4. The van der Waals surface area contributed by atoms with Gasteiger partial charge in [0.25, 0.3) is 0 Å². The maximum Gasteiger partial charge on any atom is 0.181 e. The molecule has 0 radical (unpaired) electrons. The Kier molecular flexibility index (Phi) is 7.55. The van der Waals surface area contributed by atoms with E-state index in [2.05, 4.69) is 60.0 Å². The Hall–Kier alpha value is -2.99. The second kappa shape index (κ2) is 10.8. The molecule has 0 amide bonds. The number of piperazine rings is 1. The molecule has 0 unspecified atom stereocenters. The number of aliphatic hydroxyl groups is 1. The average Bonchev–Trinajstić information content (AvgIpc) is 3.36. The predicted octanol–water partition coefficient (Wildman–Crippen LogP) is 4.62. The first-order chi connectivity index (χ1) is 16.0. The van der Waals surface area contributed by atoms with Gasteiger partial charge in [0.15, 0.2) is 5.78 Å². The van der Waals surface area contributed by atoms with Crippen LogP contribution in [0.25, 0.3) is 17.4 Å². The highest BCUT2D eigenvalue weighted by Gasteiger charge is 2.29. The first-order valence-electron chi connectivity index (χ1n) is 11.5. The van der Waals surface area contributed by atoms with E-state index in [9.17, 15) is 4.79 Å². The Morgan fingerprint density at radius 2 is 1.61 bits per heavy atom. The minimum absolute atomic E-state index is 0.284. The van der Waals surface area contributed by atoms with E-state index in [1.165, 1.54) is 17.2 Å². The fraction of sp³-hybridized carbons (Fsp3) is 0.321. The second-order valence-corrected chi connectivity index (χ2v) is 8.94. The van der Waals surface area contributed by atoms with Crippen LogP contribution in [0.1, 0.15) is 30.5 Å². The van der Waals surface area contributed by atoms with E-state index in [0.717, 1.165) is 43.1 Å². The fourth-order valence-corrected chi connectivity index (χ4v) is 4.57. The number of benzene rings is 2. The van der Waals surface area contributed by atoms with E-state index >= 15 is 0 Å². The second-order valence-electron chi connectivity index (χ2n) is 8.94. The molecule has 1 N–H and O–H groups in total. The minimum atomic E-state index is -0.452. The van der Waals surface area contributed by atoms with Gasteiger partial charge in [-0.25, -0.2) is 0 Å². The van der Waals surface area contributed by atoms with Gasteiger partial charge in [-0.1, -0.05) is 54.6 Å². The summed E-state index contributed by atoms with van der Waals surface area (Å²) < 4.78 is 5.49. The number of furan rings is 1. The van der Waals surface area contributed by atoms with Gasteiger partial charge in [0.1, 0.15) is 12.4 Å². The Labute approximate surface area is 195 Å². The molecule has 5 nitrogen and oxygen atoms in total. The highest BCUT2D eigenvalue weighted by Crippen LogP contribution is 2.23. The maximum absolute atomic E-state index is 11.2. The number of hydrogen-bond donors (Lipinski definition) is 1. The van der Waals surface area contributed by atoms with Crippen molar-refractivity contribution in [3.63, 3.8) is 0 Å². The lowest BCUT2D eigenvalue weighted by Crippen LogP contribution is -2.55. The predicted molar refractivity (Wildman–Crippen MR) is 131 cm³/mol. The average molecular weight is 445 g/mol. The molecule has 1 fully saturated rings. The quantitative estimate of drug-likeness (QED) is 0.514. The summed E-state index contributed by atoms with van der Waals surface area (Å²) >= 11 is 0. The largest absolute Gasteiger partial charge is 0.464 e. The number of nitrogens with zero attached hydrogens (tertiary/aromatic N) is 2. The first-order valence-corrected chi connectivity index (χ1v) is 11.5. The zero-order chi connectivity index (χ0) is 23.2. The Balaban J connectivity index is 1.32. The van der Waals surface area contributed by atoms with Crippen molar-refractivity contribution < 1.29 is 14.3 Å². The molecule has 0 bridgehead atoms. The summed E-state index contributed by atoms with van der Waals surface area (Å²) in [5, 5.41) is 8.82. The molecular weight excluding hydrogens is 412 g/mol. The van der Waals surface area contributed by atoms with Crippen LogP contribution in [0.5, 0.6) is 0 Å². The van der Waals surface area contributed by atoms with Gasteiger partial charge in [0.2, 0.25) is 0 Å². The van der Waals surface area contributed by atoms with Gasteiger partial charge in [-0.05, 0) is 48.7 Å². The molecule has 2 heterocycles. The van der Waals surface area contributed by atoms with Crippen LogP contribution in [0.4, 0.5) is 0 Å². The summed E-state index contributed by atoms with van der Waals surface area (Å²) in [5.74, 6) is 0.619. The molecule has 2 aromatic carbocycles. The lowest BCUT2D eigenvalue weighted by atomic mass is 10.0. The van der Waals surface area contributed by atoms with E-state index in [1.54, 1.807) is 12.3 Å². The Morgan fingerprint density at radius 3 is 2.21 bits per heavy atom. The standard InChI is InChI=1S/C28H32N2O3/c1-21-16-29(18-24-9-12-26(13-10-24)28-4-3-15-33-28)17-22(2)30(21)19-25-7-5-23(6-8-25)11-14-27(32)20-31/h3-15,21-22,31H,16-20H2,1-2H3/b14-11+/t21-,22+. The van der Waals surface area contributed by atoms with Crippen molar-refractivity contribution in [1.29, 1.82) is 0 Å². The first kappa shape index (κ1) is 23.2. The summed E-state index contributed by atoms with van der Waals surface area (Å²) in [6.07, 6.45) is 4.87. The number of carbonyl (C=O) groups excluding carboxylic acids is 1. The van der Waals surface area contributed by atoms with Gasteiger partial charge in [-0.2, -0.15) is 0 Å².